The number of hydrogen-bond donors (Lipinski definition) is 1. The first kappa shape index (κ1) is 25.2. The monoisotopic (exact) mass is 476 g/mol. The first-order valence-corrected chi connectivity index (χ1v) is 13.9. The van der Waals surface area contributed by atoms with Crippen LogP contribution >= 0.6 is 0 Å². The van der Waals surface area contributed by atoms with Gasteiger partial charge in [0.05, 0.1) is 34.0 Å². The van der Waals surface area contributed by atoms with E-state index in [2.05, 4.69) is 33.9 Å². The minimum Gasteiger partial charge on any atom is -0.493 e. The number of aliphatic hydroxyl groups excluding tert-OH is 1. The van der Waals surface area contributed by atoms with Crippen molar-refractivity contribution in [1.29, 1.82) is 0 Å². The summed E-state index contributed by atoms with van der Waals surface area (Å²) in [5.74, 6) is 2.74. The fraction of sp³-hybridized carbons (Fsp3) is 0.520. The fourth-order valence-corrected chi connectivity index (χ4v) is 4.56. The molecule has 1 atom stereocenters. The van der Waals surface area contributed by atoms with Crippen LogP contribution in [0.3, 0.4) is 0 Å². The highest BCUT2D eigenvalue weighted by atomic mass is 28.4. The maximum Gasteiger partial charge on any atom is 0.231 e. The molecule has 1 N–H and O–H groups in total. The molecule has 1 heterocycles. The first-order chi connectivity index (χ1) is 15.4. The fourth-order valence-electron chi connectivity index (χ4n) is 3.61. The second-order valence-electron chi connectivity index (χ2n) is 9.70. The molecule has 0 unspecified atom stereocenters. The third-order valence-corrected chi connectivity index (χ3v) is 11.0. The Hall–Kier alpha value is -2.42. The number of ether oxygens (including phenoxy) is 5. The summed E-state index contributed by atoms with van der Waals surface area (Å²) >= 11 is 0. The molecule has 3 rings (SSSR count). The van der Waals surface area contributed by atoms with Gasteiger partial charge in [0.1, 0.15) is 0 Å². The normalized spacial score (nSPS) is 14.2. The van der Waals surface area contributed by atoms with Gasteiger partial charge in [-0.25, -0.2) is 0 Å². The van der Waals surface area contributed by atoms with Gasteiger partial charge in [0.15, 0.2) is 31.3 Å². The van der Waals surface area contributed by atoms with E-state index in [4.69, 9.17) is 28.1 Å². The highest BCUT2D eigenvalue weighted by Crippen LogP contribution is 2.51. The lowest BCUT2D eigenvalue weighted by Crippen LogP contribution is -2.40. The van der Waals surface area contributed by atoms with Gasteiger partial charge in [0, 0.05) is 5.56 Å². The van der Waals surface area contributed by atoms with Gasteiger partial charge in [0.25, 0.3) is 0 Å². The van der Waals surface area contributed by atoms with Gasteiger partial charge in [-0.05, 0) is 59.9 Å². The van der Waals surface area contributed by atoms with Crippen LogP contribution in [0.5, 0.6) is 28.7 Å². The van der Waals surface area contributed by atoms with Crippen LogP contribution in [0, 0.1) is 0 Å². The van der Waals surface area contributed by atoms with Crippen LogP contribution in [-0.4, -0.2) is 41.5 Å². The zero-order valence-corrected chi connectivity index (χ0v) is 22.1. The number of hydrogen-bond acceptors (Lipinski definition) is 7. The van der Waals surface area contributed by atoms with Crippen molar-refractivity contribution in [3.63, 3.8) is 0 Å². The summed E-state index contributed by atoms with van der Waals surface area (Å²) in [6.07, 6.45) is -0.749. The predicted octanol–water partition coefficient (Wildman–Crippen LogP) is 5.68. The van der Waals surface area contributed by atoms with Crippen LogP contribution in [0.1, 0.15) is 44.9 Å². The maximum absolute atomic E-state index is 10.6. The Morgan fingerprint density at radius 2 is 1.58 bits per heavy atom. The van der Waals surface area contributed by atoms with Crippen molar-refractivity contribution in [2.75, 3.05) is 28.1 Å². The van der Waals surface area contributed by atoms with Gasteiger partial charge >= 0.3 is 0 Å². The van der Waals surface area contributed by atoms with Crippen molar-refractivity contribution >= 4 is 8.32 Å². The molecule has 182 valence electrons. The molecule has 0 saturated heterocycles. The summed E-state index contributed by atoms with van der Waals surface area (Å²) < 4.78 is 34.9. The second kappa shape index (κ2) is 9.44. The Labute approximate surface area is 197 Å². The molecule has 0 bridgehead atoms. The lowest BCUT2D eigenvalue weighted by atomic mass is 9.91. The molecule has 2 aromatic carbocycles. The Bertz CT molecular complexity index is 1010. The molecule has 0 spiro atoms. The van der Waals surface area contributed by atoms with Gasteiger partial charge in [-0.2, -0.15) is 0 Å². The quantitative estimate of drug-likeness (QED) is 0.491. The van der Waals surface area contributed by atoms with E-state index in [-0.39, 0.29) is 11.8 Å². The molecule has 0 fully saturated rings. The topological polar surface area (TPSA) is 75.6 Å². The standard InChI is InChI=1S/C25H36O7Si/c1-15(26)17-11-19-20(31-14-30-19)12-18(17)22-16(13-32-33(8,9)25(2,3)4)10-21(27-5)23(28-6)24(22)29-7/h10-12,15,26H,13-14H2,1-9H3/t15-/m1/s1. The predicted molar refractivity (Wildman–Crippen MR) is 130 cm³/mol. The number of fused-ring (bicyclic) bond motifs is 1. The molecule has 2 aromatic rings. The molecule has 1 aliphatic heterocycles. The summed E-state index contributed by atoms with van der Waals surface area (Å²) in [7, 11) is 2.71. The zero-order chi connectivity index (χ0) is 24.6. The molecule has 0 aliphatic carbocycles. The average Bonchev–Trinajstić information content (AvgIpc) is 3.22. The maximum atomic E-state index is 10.6. The summed E-state index contributed by atoms with van der Waals surface area (Å²) in [5, 5.41) is 10.7. The van der Waals surface area contributed by atoms with E-state index in [9.17, 15) is 5.11 Å². The number of aliphatic hydroxyl groups is 1. The molecule has 8 heteroatoms. The zero-order valence-electron chi connectivity index (χ0n) is 21.1. The average molecular weight is 477 g/mol. The van der Waals surface area contributed by atoms with Crippen LogP contribution < -0.4 is 23.7 Å². The van der Waals surface area contributed by atoms with Crippen LogP contribution in [-0.2, 0) is 11.0 Å². The second-order valence-corrected chi connectivity index (χ2v) is 14.5. The summed E-state index contributed by atoms with van der Waals surface area (Å²) in [6, 6.07) is 5.61. The minimum absolute atomic E-state index is 0.0529. The van der Waals surface area contributed by atoms with Gasteiger partial charge < -0.3 is 33.2 Å². The van der Waals surface area contributed by atoms with E-state index in [0.29, 0.717) is 40.9 Å². The third kappa shape index (κ3) is 4.78. The SMILES string of the molecule is COc1cc(CO[Si](C)(C)C(C)(C)C)c(-c2cc3c(cc2[C@@H](C)O)OCO3)c(OC)c1OC. The number of methoxy groups -OCH3 is 3. The van der Waals surface area contributed by atoms with Crippen molar-refractivity contribution < 1.29 is 33.2 Å². The van der Waals surface area contributed by atoms with Crippen molar-refractivity contribution in [3.8, 4) is 39.9 Å². The Morgan fingerprint density at radius 3 is 2.09 bits per heavy atom. The smallest absolute Gasteiger partial charge is 0.231 e. The molecular formula is C25H36O7Si. The van der Waals surface area contributed by atoms with Crippen molar-refractivity contribution in [2.45, 2.75) is 58.5 Å². The van der Waals surface area contributed by atoms with Gasteiger partial charge in [0.2, 0.25) is 12.5 Å². The summed E-state index contributed by atoms with van der Waals surface area (Å²) in [6.45, 7) is 13.3. The highest BCUT2D eigenvalue weighted by molar-refractivity contribution is 6.74. The van der Waals surface area contributed by atoms with Gasteiger partial charge in [-0.3, -0.25) is 0 Å². The summed E-state index contributed by atoms with van der Waals surface area (Å²) in [5.41, 5.74) is 3.09. The van der Waals surface area contributed by atoms with E-state index >= 15 is 0 Å². The van der Waals surface area contributed by atoms with E-state index in [0.717, 1.165) is 16.7 Å². The van der Waals surface area contributed by atoms with E-state index in [1.165, 1.54) is 0 Å². The molecule has 7 nitrogen and oxygen atoms in total. The van der Waals surface area contributed by atoms with E-state index in [1.54, 1.807) is 28.3 Å². The van der Waals surface area contributed by atoms with Crippen molar-refractivity contribution in [1.82, 2.24) is 0 Å². The molecule has 1 aliphatic rings. The molecule has 0 aromatic heterocycles. The van der Waals surface area contributed by atoms with Crippen molar-refractivity contribution in [3.05, 3.63) is 29.3 Å². The van der Waals surface area contributed by atoms with Crippen LogP contribution in [0.2, 0.25) is 18.1 Å². The number of benzene rings is 2. The minimum atomic E-state index is -2.05. The van der Waals surface area contributed by atoms with E-state index < -0.39 is 14.4 Å². The Balaban J connectivity index is 2.28. The third-order valence-electron chi connectivity index (χ3n) is 6.57. The molecule has 0 amide bonds. The molecular weight excluding hydrogens is 440 g/mol. The molecule has 0 radical (unpaired) electrons. The first-order valence-electron chi connectivity index (χ1n) is 11.0. The van der Waals surface area contributed by atoms with Crippen LogP contribution in [0.15, 0.2) is 18.2 Å². The Kier molecular flexibility index (Phi) is 7.21. The summed E-state index contributed by atoms with van der Waals surface area (Å²) in [4.78, 5) is 0. The Morgan fingerprint density at radius 1 is 0.970 bits per heavy atom. The van der Waals surface area contributed by atoms with Gasteiger partial charge in [-0.15, -0.1) is 0 Å². The molecule has 33 heavy (non-hydrogen) atoms. The van der Waals surface area contributed by atoms with Crippen molar-refractivity contribution in [2.24, 2.45) is 0 Å². The van der Waals surface area contributed by atoms with E-state index in [1.807, 2.05) is 18.2 Å². The van der Waals surface area contributed by atoms with Gasteiger partial charge in [-0.1, -0.05) is 20.8 Å². The number of rotatable bonds is 8. The molecule has 0 saturated carbocycles. The lowest BCUT2D eigenvalue weighted by Gasteiger charge is -2.36. The largest absolute Gasteiger partial charge is 0.493 e. The lowest BCUT2D eigenvalue weighted by molar-refractivity contribution is 0.173. The highest BCUT2D eigenvalue weighted by Gasteiger charge is 2.38. The van der Waals surface area contributed by atoms with Crippen LogP contribution in [0.4, 0.5) is 0 Å². The van der Waals surface area contributed by atoms with Crippen LogP contribution in [0.25, 0.3) is 11.1 Å².